The number of sulfonamides is 1. The highest BCUT2D eigenvalue weighted by Gasteiger charge is 2.32. The molecular formula is C23H26N4O5S. The fraction of sp³-hybridized carbons (Fsp3) is 0.348. The molecule has 3 aromatic rings. The Hall–Kier alpha value is -3.24. The summed E-state index contributed by atoms with van der Waals surface area (Å²) in [5.74, 6) is 1.32. The van der Waals surface area contributed by atoms with E-state index in [1.807, 2.05) is 6.92 Å². The summed E-state index contributed by atoms with van der Waals surface area (Å²) in [6.45, 7) is 2.49. The van der Waals surface area contributed by atoms with Gasteiger partial charge in [0.15, 0.2) is 0 Å². The van der Waals surface area contributed by atoms with Gasteiger partial charge in [0.2, 0.25) is 27.6 Å². The highest BCUT2D eigenvalue weighted by Crippen LogP contribution is 2.27. The molecule has 0 aliphatic carbocycles. The van der Waals surface area contributed by atoms with Crippen molar-refractivity contribution >= 4 is 21.6 Å². The number of benzene rings is 2. The fourth-order valence-corrected chi connectivity index (χ4v) is 5.19. The minimum absolute atomic E-state index is 0.104. The van der Waals surface area contributed by atoms with E-state index in [-0.39, 0.29) is 29.8 Å². The average Bonchev–Trinajstić information content (AvgIpc) is 3.34. The SMILES string of the molecule is CCc1nc(-c2ccc(S(=O)(=O)N3CCC(C(=O)Nc4ccc(OC)cc4)CC3)cc2)no1. The Morgan fingerprint density at radius 2 is 1.79 bits per heavy atom. The van der Waals surface area contributed by atoms with Crippen molar-refractivity contribution in [2.45, 2.75) is 31.1 Å². The van der Waals surface area contributed by atoms with E-state index in [0.717, 1.165) is 0 Å². The van der Waals surface area contributed by atoms with E-state index < -0.39 is 10.0 Å². The molecular weight excluding hydrogens is 444 g/mol. The van der Waals surface area contributed by atoms with Crippen LogP contribution < -0.4 is 10.1 Å². The van der Waals surface area contributed by atoms with Crippen LogP contribution in [0.2, 0.25) is 0 Å². The molecule has 9 nitrogen and oxygen atoms in total. The van der Waals surface area contributed by atoms with Crippen LogP contribution in [0.5, 0.6) is 5.75 Å². The highest BCUT2D eigenvalue weighted by atomic mass is 32.2. The second-order valence-electron chi connectivity index (χ2n) is 7.79. The zero-order valence-corrected chi connectivity index (χ0v) is 19.3. The van der Waals surface area contributed by atoms with Crippen molar-refractivity contribution in [3.05, 3.63) is 54.4 Å². The van der Waals surface area contributed by atoms with Crippen LogP contribution in [0.3, 0.4) is 0 Å². The van der Waals surface area contributed by atoms with Crippen molar-refractivity contribution in [3.8, 4) is 17.1 Å². The Balaban J connectivity index is 1.36. The van der Waals surface area contributed by atoms with E-state index in [1.54, 1.807) is 55.6 Å². The van der Waals surface area contributed by atoms with E-state index in [1.165, 1.54) is 4.31 Å². The number of amides is 1. The number of hydrogen-bond acceptors (Lipinski definition) is 7. The Bertz CT molecular complexity index is 1200. The number of carbonyl (C=O) groups is 1. The lowest BCUT2D eigenvalue weighted by Crippen LogP contribution is -2.41. The van der Waals surface area contributed by atoms with Crippen LogP contribution in [-0.4, -0.2) is 49.0 Å². The lowest BCUT2D eigenvalue weighted by Gasteiger charge is -2.30. The second-order valence-corrected chi connectivity index (χ2v) is 9.72. The van der Waals surface area contributed by atoms with Crippen molar-refractivity contribution in [2.24, 2.45) is 5.92 Å². The minimum atomic E-state index is -3.65. The first-order valence-electron chi connectivity index (χ1n) is 10.8. The normalized spacial score (nSPS) is 15.3. The van der Waals surface area contributed by atoms with Gasteiger partial charge in [0.05, 0.1) is 12.0 Å². The number of ether oxygens (including phenoxy) is 1. The molecule has 2 heterocycles. The first-order chi connectivity index (χ1) is 15.9. The average molecular weight is 471 g/mol. The minimum Gasteiger partial charge on any atom is -0.497 e. The smallest absolute Gasteiger partial charge is 0.243 e. The molecule has 174 valence electrons. The molecule has 2 aromatic carbocycles. The Kier molecular flexibility index (Phi) is 6.75. The van der Waals surface area contributed by atoms with Gasteiger partial charge in [0.1, 0.15) is 5.75 Å². The molecule has 0 spiro atoms. The van der Waals surface area contributed by atoms with Crippen LogP contribution in [0.25, 0.3) is 11.4 Å². The summed E-state index contributed by atoms with van der Waals surface area (Å²) in [4.78, 5) is 17.1. The quantitative estimate of drug-likeness (QED) is 0.563. The van der Waals surface area contributed by atoms with Gasteiger partial charge in [0, 0.05) is 36.7 Å². The van der Waals surface area contributed by atoms with E-state index >= 15 is 0 Å². The third-order valence-corrected chi connectivity index (χ3v) is 7.62. The number of carbonyl (C=O) groups excluding carboxylic acids is 1. The van der Waals surface area contributed by atoms with Gasteiger partial charge in [-0.2, -0.15) is 9.29 Å². The largest absolute Gasteiger partial charge is 0.497 e. The van der Waals surface area contributed by atoms with Crippen molar-refractivity contribution in [2.75, 3.05) is 25.5 Å². The van der Waals surface area contributed by atoms with Crippen molar-refractivity contribution in [1.29, 1.82) is 0 Å². The number of nitrogens with zero attached hydrogens (tertiary/aromatic N) is 3. The molecule has 0 atom stereocenters. The number of methoxy groups -OCH3 is 1. The molecule has 1 N–H and O–H groups in total. The molecule has 1 fully saturated rings. The van der Waals surface area contributed by atoms with Gasteiger partial charge < -0.3 is 14.6 Å². The Labute approximate surface area is 192 Å². The summed E-state index contributed by atoms with van der Waals surface area (Å²) in [6.07, 6.45) is 1.55. The molecule has 0 saturated carbocycles. The van der Waals surface area contributed by atoms with Crippen LogP contribution >= 0.6 is 0 Å². The maximum atomic E-state index is 13.1. The van der Waals surface area contributed by atoms with Crippen molar-refractivity contribution in [3.63, 3.8) is 0 Å². The van der Waals surface area contributed by atoms with Crippen molar-refractivity contribution < 1.29 is 22.5 Å². The standard InChI is InChI=1S/C23H26N4O5S/c1-3-21-25-22(26-32-21)16-4-10-20(11-5-16)33(29,30)27-14-12-17(13-15-27)23(28)24-18-6-8-19(31-2)9-7-18/h4-11,17H,3,12-15H2,1-2H3,(H,24,28). The predicted octanol–water partition coefficient (Wildman–Crippen LogP) is 3.35. The summed E-state index contributed by atoms with van der Waals surface area (Å²) in [5.41, 5.74) is 1.37. The molecule has 33 heavy (non-hydrogen) atoms. The van der Waals surface area contributed by atoms with E-state index in [4.69, 9.17) is 9.26 Å². The molecule has 0 bridgehead atoms. The van der Waals surface area contributed by atoms with E-state index in [0.29, 0.717) is 48.0 Å². The first kappa shape index (κ1) is 22.9. The maximum Gasteiger partial charge on any atom is 0.243 e. The number of aromatic nitrogens is 2. The van der Waals surface area contributed by atoms with Gasteiger partial charge in [-0.1, -0.05) is 12.1 Å². The molecule has 1 aromatic heterocycles. The molecule has 10 heteroatoms. The molecule has 0 radical (unpaired) electrons. The molecule has 4 rings (SSSR count). The zero-order valence-electron chi connectivity index (χ0n) is 18.5. The van der Waals surface area contributed by atoms with Gasteiger partial charge in [-0.25, -0.2) is 8.42 Å². The summed E-state index contributed by atoms with van der Waals surface area (Å²) in [6, 6.07) is 13.5. The molecule has 1 amide bonds. The van der Waals surface area contributed by atoms with Gasteiger partial charge in [0.25, 0.3) is 0 Å². The van der Waals surface area contributed by atoms with Crippen LogP contribution in [0.4, 0.5) is 5.69 Å². The Morgan fingerprint density at radius 3 is 2.36 bits per heavy atom. The number of nitrogens with one attached hydrogen (secondary N) is 1. The maximum absolute atomic E-state index is 13.1. The number of piperidine rings is 1. The topological polar surface area (TPSA) is 115 Å². The van der Waals surface area contributed by atoms with Crippen LogP contribution in [-0.2, 0) is 21.2 Å². The number of anilines is 1. The number of hydrogen-bond donors (Lipinski definition) is 1. The molecule has 0 unspecified atom stereocenters. The predicted molar refractivity (Wildman–Crippen MR) is 122 cm³/mol. The van der Waals surface area contributed by atoms with Crippen LogP contribution in [0.1, 0.15) is 25.7 Å². The van der Waals surface area contributed by atoms with Crippen molar-refractivity contribution in [1.82, 2.24) is 14.4 Å². The molecule has 1 saturated heterocycles. The second kappa shape index (κ2) is 9.72. The van der Waals surface area contributed by atoms with Crippen LogP contribution in [0.15, 0.2) is 57.9 Å². The lowest BCUT2D eigenvalue weighted by atomic mass is 9.97. The number of aryl methyl sites for hydroxylation is 1. The fourth-order valence-electron chi connectivity index (χ4n) is 3.72. The zero-order chi connectivity index (χ0) is 23.4. The summed E-state index contributed by atoms with van der Waals surface area (Å²) in [7, 11) is -2.07. The monoisotopic (exact) mass is 470 g/mol. The third-order valence-electron chi connectivity index (χ3n) is 5.70. The highest BCUT2D eigenvalue weighted by molar-refractivity contribution is 7.89. The van der Waals surface area contributed by atoms with E-state index in [2.05, 4.69) is 15.5 Å². The first-order valence-corrected chi connectivity index (χ1v) is 12.2. The summed E-state index contributed by atoms with van der Waals surface area (Å²) >= 11 is 0. The van der Waals surface area contributed by atoms with Gasteiger partial charge in [-0.3, -0.25) is 4.79 Å². The van der Waals surface area contributed by atoms with Gasteiger partial charge in [-0.05, 0) is 61.4 Å². The van der Waals surface area contributed by atoms with Gasteiger partial charge >= 0.3 is 0 Å². The number of rotatable bonds is 7. The lowest BCUT2D eigenvalue weighted by molar-refractivity contribution is -0.120. The van der Waals surface area contributed by atoms with E-state index in [9.17, 15) is 13.2 Å². The van der Waals surface area contributed by atoms with Crippen LogP contribution in [0, 0.1) is 5.92 Å². The summed E-state index contributed by atoms with van der Waals surface area (Å²) in [5, 5.41) is 6.81. The Morgan fingerprint density at radius 1 is 1.12 bits per heavy atom. The van der Waals surface area contributed by atoms with Gasteiger partial charge in [-0.15, -0.1) is 0 Å². The molecule has 1 aliphatic rings. The summed E-state index contributed by atoms with van der Waals surface area (Å²) < 4.78 is 37.8. The third kappa shape index (κ3) is 5.07. The molecule has 1 aliphatic heterocycles.